The van der Waals surface area contributed by atoms with Crippen LogP contribution in [0.15, 0.2) is 0 Å². The monoisotopic (exact) mass is 240 g/mol. The highest BCUT2D eigenvalue weighted by Crippen LogP contribution is 2.24. The second-order valence-electron chi connectivity index (χ2n) is 6.63. The Kier molecular flexibility index (Phi) is 6.50. The lowest BCUT2D eigenvalue weighted by Crippen LogP contribution is -2.43. The molecule has 0 amide bonds. The van der Waals surface area contributed by atoms with Crippen LogP contribution in [0.25, 0.3) is 0 Å². The molecule has 2 atom stereocenters. The standard InChI is InChI=1S/C15H32N2/c1-4-5-6-10-15(2,3)12-17-14-9-7-8-13(16)11-14/h13-14,17H,4-12,16H2,1-3H3. The molecule has 102 valence electrons. The number of hydrogen-bond donors (Lipinski definition) is 2. The molecule has 0 aromatic carbocycles. The summed E-state index contributed by atoms with van der Waals surface area (Å²) in [6.07, 6.45) is 10.4. The van der Waals surface area contributed by atoms with E-state index < -0.39 is 0 Å². The van der Waals surface area contributed by atoms with E-state index in [0.717, 1.165) is 6.54 Å². The van der Waals surface area contributed by atoms with Crippen molar-refractivity contribution in [1.29, 1.82) is 0 Å². The first-order valence-corrected chi connectivity index (χ1v) is 7.52. The van der Waals surface area contributed by atoms with E-state index in [-0.39, 0.29) is 0 Å². The zero-order chi connectivity index (χ0) is 12.7. The fraction of sp³-hybridized carbons (Fsp3) is 1.00. The Balaban J connectivity index is 2.18. The van der Waals surface area contributed by atoms with Crippen LogP contribution in [0.2, 0.25) is 0 Å². The van der Waals surface area contributed by atoms with E-state index in [0.29, 0.717) is 17.5 Å². The quantitative estimate of drug-likeness (QED) is 0.669. The van der Waals surface area contributed by atoms with Gasteiger partial charge >= 0.3 is 0 Å². The predicted octanol–water partition coefficient (Wildman–Crippen LogP) is 3.45. The molecule has 2 heteroatoms. The third kappa shape index (κ3) is 6.42. The zero-order valence-corrected chi connectivity index (χ0v) is 12.1. The summed E-state index contributed by atoms with van der Waals surface area (Å²) in [5, 5.41) is 3.74. The largest absolute Gasteiger partial charge is 0.328 e. The van der Waals surface area contributed by atoms with Crippen molar-refractivity contribution in [1.82, 2.24) is 5.32 Å². The van der Waals surface area contributed by atoms with Gasteiger partial charge in [-0.05, 0) is 31.1 Å². The summed E-state index contributed by atoms with van der Waals surface area (Å²) in [5.41, 5.74) is 6.46. The Morgan fingerprint density at radius 2 is 2.00 bits per heavy atom. The summed E-state index contributed by atoms with van der Waals surface area (Å²) in [6, 6.07) is 1.11. The highest BCUT2D eigenvalue weighted by molar-refractivity contribution is 4.82. The minimum Gasteiger partial charge on any atom is -0.328 e. The first kappa shape index (κ1) is 15.0. The van der Waals surface area contributed by atoms with Crippen LogP contribution in [-0.4, -0.2) is 18.6 Å². The van der Waals surface area contributed by atoms with E-state index in [1.54, 1.807) is 0 Å². The molecule has 1 aliphatic carbocycles. The molecular weight excluding hydrogens is 208 g/mol. The van der Waals surface area contributed by atoms with Crippen LogP contribution in [0, 0.1) is 5.41 Å². The Labute approximate surface area is 108 Å². The second kappa shape index (κ2) is 7.38. The Bertz CT molecular complexity index is 201. The Hall–Kier alpha value is -0.0800. The first-order valence-electron chi connectivity index (χ1n) is 7.52. The van der Waals surface area contributed by atoms with E-state index in [1.165, 1.54) is 51.4 Å². The number of rotatable bonds is 7. The molecule has 0 aromatic heterocycles. The van der Waals surface area contributed by atoms with Gasteiger partial charge in [-0.3, -0.25) is 0 Å². The van der Waals surface area contributed by atoms with Crippen LogP contribution in [-0.2, 0) is 0 Å². The van der Waals surface area contributed by atoms with Gasteiger partial charge in [0.2, 0.25) is 0 Å². The Morgan fingerprint density at radius 3 is 2.65 bits per heavy atom. The molecule has 0 spiro atoms. The predicted molar refractivity (Wildman–Crippen MR) is 76.2 cm³/mol. The summed E-state index contributed by atoms with van der Waals surface area (Å²) < 4.78 is 0. The molecule has 0 bridgehead atoms. The maximum atomic E-state index is 6.02. The molecule has 0 aliphatic heterocycles. The lowest BCUT2D eigenvalue weighted by atomic mass is 9.85. The fourth-order valence-corrected chi connectivity index (χ4v) is 2.78. The van der Waals surface area contributed by atoms with E-state index in [9.17, 15) is 0 Å². The van der Waals surface area contributed by atoms with Crippen molar-refractivity contribution in [3.63, 3.8) is 0 Å². The Morgan fingerprint density at radius 1 is 1.24 bits per heavy atom. The molecule has 2 nitrogen and oxygen atoms in total. The molecule has 2 unspecified atom stereocenters. The summed E-state index contributed by atoms with van der Waals surface area (Å²) in [4.78, 5) is 0. The minimum atomic E-state index is 0.435. The third-order valence-corrected chi connectivity index (χ3v) is 4.04. The van der Waals surface area contributed by atoms with Crippen molar-refractivity contribution in [2.24, 2.45) is 11.1 Å². The average molecular weight is 240 g/mol. The average Bonchev–Trinajstić information content (AvgIpc) is 2.27. The molecule has 1 rings (SSSR count). The number of hydrogen-bond acceptors (Lipinski definition) is 2. The molecule has 1 fully saturated rings. The van der Waals surface area contributed by atoms with Gasteiger partial charge < -0.3 is 11.1 Å². The van der Waals surface area contributed by atoms with Crippen molar-refractivity contribution in [3.8, 4) is 0 Å². The molecule has 1 saturated carbocycles. The van der Waals surface area contributed by atoms with Gasteiger partial charge in [-0.15, -0.1) is 0 Å². The fourth-order valence-electron chi connectivity index (χ4n) is 2.78. The van der Waals surface area contributed by atoms with Crippen molar-refractivity contribution in [3.05, 3.63) is 0 Å². The topological polar surface area (TPSA) is 38.0 Å². The van der Waals surface area contributed by atoms with Gasteiger partial charge in [0, 0.05) is 18.6 Å². The summed E-state index contributed by atoms with van der Waals surface area (Å²) >= 11 is 0. The molecule has 0 heterocycles. The summed E-state index contributed by atoms with van der Waals surface area (Å²) in [6.45, 7) is 8.19. The lowest BCUT2D eigenvalue weighted by molar-refractivity contribution is 0.258. The number of nitrogens with one attached hydrogen (secondary N) is 1. The van der Waals surface area contributed by atoms with Gasteiger partial charge in [-0.2, -0.15) is 0 Å². The first-order chi connectivity index (χ1) is 8.03. The zero-order valence-electron chi connectivity index (χ0n) is 12.1. The van der Waals surface area contributed by atoms with E-state index in [1.807, 2.05) is 0 Å². The van der Waals surface area contributed by atoms with Gasteiger partial charge in [0.25, 0.3) is 0 Å². The SMILES string of the molecule is CCCCCC(C)(C)CNC1CCCC(N)C1. The second-order valence-corrected chi connectivity index (χ2v) is 6.63. The van der Waals surface area contributed by atoms with Crippen LogP contribution >= 0.6 is 0 Å². The highest BCUT2D eigenvalue weighted by Gasteiger charge is 2.22. The van der Waals surface area contributed by atoms with E-state index in [4.69, 9.17) is 5.73 Å². The van der Waals surface area contributed by atoms with Crippen LogP contribution in [0.4, 0.5) is 0 Å². The smallest absolute Gasteiger partial charge is 0.00820 e. The minimum absolute atomic E-state index is 0.435. The van der Waals surface area contributed by atoms with Crippen molar-refractivity contribution >= 4 is 0 Å². The molecule has 0 radical (unpaired) electrons. The van der Waals surface area contributed by atoms with E-state index >= 15 is 0 Å². The maximum Gasteiger partial charge on any atom is 0.00820 e. The van der Waals surface area contributed by atoms with Crippen LogP contribution < -0.4 is 11.1 Å². The summed E-state index contributed by atoms with van der Waals surface area (Å²) in [7, 11) is 0. The van der Waals surface area contributed by atoms with Crippen LogP contribution in [0.5, 0.6) is 0 Å². The van der Waals surface area contributed by atoms with E-state index in [2.05, 4.69) is 26.1 Å². The van der Waals surface area contributed by atoms with Gasteiger partial charge in [0.15, 0.2) is 0 Å². The number of unbranched alkanes of at least 4 members (excludes halogenated alkanes) is 2. The lowest BCUT2D eigenvalue weighted by Gasteiger charge is -2.32. The van der Waals surface area contributed by atoms with Crippen LogP contribution in [0.1, 0.15) is 72.1 Å². The van der Waals surface area contributed by atoms with Crippen LogP contribution in [0.3, 0.4) is 0 Å². The van der Waals surface area contributed by atoms with Gasteiger partial charge in [0.05, 0.1) is 0 Å². The van der Waals surface area contributed by atoms with Gasteiger partial charge in [-0.25, -0.2) is 0 Å². The third-order valence-electron chi connectivity index (χ3n) is 4.04. The van der Waals surface area contributed by atoms with Crippen molar-refractivity contribution < 1.29 is 0 Å². The van der Waals surface area contributed by atoms with Gasteiger partial charge in [-0.1, -0.05) is 46.5 Å². The molecule has 0 aromatic rings. The van der Waals surface area contributed by atoms with Crippen molar-refractivity contribution in [2.75, 3.05) is 6.54 Å². The van der Waals surface area contributed by atoms with Crippen molar-refractivity contribution in [2.45, 2.75) is 84.2 Å². The summed E-state index contributed by atoms with van der Waals surface area (Å²) in [5.74, 6) is 0. The molecular formula is C15H32N2. The van der Waals surface area contributed by atoms with Gasteiger partial charge in [0.1, 0.15) is 0 Å². The highest BCUT2D eigenvalue weighted by atomic mass is 14.9. The molecule has 1 aliphatic rings. The molecule has 3 N–H and O–H groups in total. The normalized spacial score (nSPS) is 26.1. The maximum absolute atomic E-state index is 6.02. The molecule has 17 heavy (non-hydrogen) atoms. The molecule has 0 saturated heterocycles. The number of nitrogens with two attached hydrogens (primary N) is 1.